The molecule has 2 bridgehead atoms. The molecule has 2 fully saturated rings. The van der Waals surface area contributed by atoms with Crippen LogP contribution in [0.2, 0.25) is 0 Å². The Bertz CT molecular complexity index is 590. The van der Waals surface area contributed by atoms with Crippen LogP contribution in [0.15, 0.2) is 18.2 Å². The molecule has 3 nitrogen and oxygen atoms in total. The van der Waals surface area contributed by atoms with E-state index in [0.29, 0.717) is 18.9 Å². The topological polar surface area (TPSA) is 38.3 Å². The maximum Gasteiger partial charge on any atom is 0.573 e. The lowest BCUT2D eigenvalue weighted by molar-refractivity contribution is -0.274. The second-order valence-electron chi connectivity index (χ2n) is 6.21. The highest BCUT2D eigenvalue weighted by molar-refractivity contribution is 5.98. The van der Waals surface area contributed by atoms with E-state index in [9.17, 15) is 22.4 Å². The summed E-state index contributed by atoms with van der Waals surface area (Å²) < 4.78 is 54.1. The number of hydrogen-bond acceptors (Lipinski definition) is 3. The molecule has 0 spiro atoms. The quantitative estimate of drug-likeness (QED) is 0.676. The number of carbonyl (C=O) groups excluding carboxylic acids is 1. The van der Waals surface area contributed by atoms with Crippen molar-refractivity contribution >= 4 is 5.78 Å². The summed E-state index contributed by atoms with van der Waals surface area (Å²) in [5.74, 6) is -2.25. The van der Waals surface area contributed by atoms with Crippen molar-refractivity contribution in [3.8, 4) is 5.75 Å². The summed E-state index contributed by atoms with van der Waals surface area (Å²) in [6, 6.07) is 3.21. The van der Waals surface area contributed by atoms with Gasteiger partial charge >= 0.3 is 6.36 Å². The van der Waals surface area contributed by atoms with Crippen LogP contribution in [0.4, 0.5) is 17.6 Å². The zero-order chi connectivity index (χ0) is 16.6. The summed E-state index contributed by atoms with van der Waals surface area (Å²) in [6.45, 7) is 0. The average Bonchev–Trinajstić information content (AvgIpc) is 2.44. The molecule has 1 aromatic carbocycles. The Hall–Kier alpha value is -1.63. The van der Waals surface area contributed by atoms with Crippen LogP contribution in [-0.2, 0) is 0 Å². The Balaban J connectivity index is 1.74. The Morgan fingerprint density at radius 2 is 1.83 bits per heavy atom. The number of ketones is 1. The Morgan fingerprint density at radius 3 is 2.39 bits per heavy atom. The molecule has 1 N–H and O–H groups in total. The van der Waals surface area contributed by atoms with Gasteiger partial charge < -0.3 is 10.1 Å². The van der Waals surface area contributed by atoms with Gasteiger partial charge in [-0.05, 0) is 37.8 Å². The number of fused-ring (bicyclic) bond motifs is 2. The maximum atomic E-state index is 14.0. The second kappa shape index (κ2) is 6.11. The third-order valence-corrected chi connectivity index (χ3v) is 4.53. The van der Waals surface area contributed by atoms with Crippen LogP contribution in [-0.4, -0.2) is 24.2 Å². The molecule has 126 valence electrons. The average molecular weight is 331 g/mol. The van der Waals surface area contributed by atoms with Crippen LogP contribution < -0.4 is 10.1 Å². The molecule has 0 radical (unpaired) electrons. The maximum absolute atomic E-state index is 14.0. The number of piperidine rings is 2. The van der Waals surface area contributed by atoms with Crippen molar-refractivity contribution in [2.75, 3.05) is 0 Å². The van der Waals surface area contributed by atoms with Gasteiger partial charge in [-0.2, -0.15) is 0 Å². The minimum atomic E-state index is -4.88. The molecule has 7 heteroatoms. The van der Waals surface area contributed by atoms with Gasteiger partial charge in [-0.25, -0.2) is 4.39 Å². The standard InChI is InChI=1S/C16H17F4NO2/c17-14-8-12(23-16(18,19)20)4-5-13(14)15(22)9-6-10-2-1-3-11(7-9)21-10/h4-5,8-11,21H,1-3,6-7H2. The fraction of sp³-hybridized carbons (Fsp3) is 0.562. The van der Waals surface area contributed by atoms with Crippen molar-refractivity contribution in [1.29, 1.82) is 0 Å². The van der Waals surface area contributed by atoms with Crippen LogP contribution >= 0.6 is 0 Å². The monoisotopic (exact) mass is 331 g/mol. The molecule has 2 heterocycles. The van der Waals surface area contributed by atoms with Crippen molar-refractivity contribution in [1.82, 2.24) is 5.32 Å². The summed E-state index contributed by atoms with van der Waals surface area (Å²) in [5, 5.41) is 3.45. The predicted molar refractivity (Wildman–Crippen MR) is 74.7 cm³/mol. The summed E-state index contributed by atoms with van der Waals surface area (Å²) in [5.41, 5.74) is -0.163. The summed E-state index contributed by atoms with van der Waals surface area (Å²) in [6.07, 6.45) is -0.459. The predicted octanol–water partition coefficient (Wildman–Crippen LogP) is 3.83. The first-order chi connectivity index (χ1) is 10.8. The van der Waals surface area contributed by atoms with Gasteiger partial charge in [-0.1, -0.05) is 6.42 Å². The number of benzene rings is 1. The van der Waals surface area contributed by atoms with E-state index in [2.05, 4.69) is 10.1 Å². The lowest BCUT2D eigenvalue weighted by atomic mass is 9.77. The number of alkyl halides is 3. The van der Waals surface area contributed by atoms with Gasteiger partial charge in [0.25, 0.3) is 0 Å². The van der Waals surface area contributed by atoms with Gasteiger partial charge in [0.1, 0.15) is 11.6 Å². The molecule has 3 rings (SSSR count). The van der Waals surface area contributed by atoms with Crippen LogP contribution in [0.5, 0.6) is 5.75 Å². The zero-order valence-corrected chi connectivity index (χ0v) is 12.3. The van der Waals surface area contributed by atoms with Crippen LogP contribution in [0, 0.1) is 11.7 Å². The molecule has 0 aliphatic carbocycles. The largest absolute Gasteiger partial charge is 0.573 e. The van der Waals surface area contributed by atoms with E-state index in [1.165, 1.54) is 0 Å². The highest BCUT2D eigenvalue weighted by Gasteiger charge is 2.36. The van der Waals surface area contributed by atoms with E-state index >= 15 is 0 Å². The van der Waals surface area contributed by atoms with E-state index in [1.807, 2.05) is 0 Å². The van der Waals surface area contributed by atoms with E-state index < -0.39 is 17.9 Å². The van der Waals surface area contributed by atoms with Gasteiger partial charge in [-0.3, -0.25) is 4.79 Å². The van der Waals surface area contributed by atoms with Gasteiger partial charge in [0.05, 0.1) is 5.56 Å². The minimum absolute atomic E-state index is 0.163. The van der Waals surface area contributed by atoms with E-state index in [0.717, 1.165) is 31.4 Å². The number of halogens is 4. The fourth-order valence-corrected chi connectivity index (χ4v) is 3.59. The van der Waals surface area contributed by atoms with E-state index in [4.69, 9.17) is 0 Å². The third-order valence-electron chi connectivity index (χ3n) is 4.53. The van der Waals surface area contributed by atoms with Gasteiger partial charge in [0.15, 0.2) is 5.78 Å². The summed E-state index contributed by atoms with van der Waals surface area (Å²) in [7, 11) is 0. The van der Waals surface area contributed by atoms with E-state index in [1.54, 1.807) is 0 Å². The first kappa shape index (κ1) is 16.2. The van der Waals surface area contributed by atoms with E-state index in [-0.39, 0.29) is 29.3 Å². The zero-order valence-electron chi connectivity index (χ0n) is 12.3. The van der Waals surface area contributed by atoms with Crippen LogP contribution in [0.3, 0.4) is 0 Å². The normalized spacial score (nSPS) is 27.6. The van der Waals surface area contributed by atoms with Crippen molar-refractivity contribution in [2.45, 2.75) is 50.6 Å². The second-order valence-corrected chi connectivity index (χ2v) is 6.21. The van der Waals surface area contributed by atoms with Crippen molar-refractivity contribution < 1.29 is 27.1 Å². The molecule has 23 heavy (non-hydrogen) atoms. The molecule has 2 aliphatic heterocycles. The number of rotatable bonds is 3. The molecule has 2 atom stereocenters. The van der Waals surface area contributed by atoms with Crippen molar-refractivity contribution in [3.05, 3.63) is 29.6 Å². The Kier molecular flexibility index (Phi) is 4.31. The van der Waals surface area contributed by atoms with Crippen LogP contribution in [0.25, 0.3) is 0 Å². The number of hydrogen-bond donors (Lipinski definition) is 1. The van der Waals surface area contributed by atoms with Gasteiger partial charge in [0.2, 0.25) is 0 Å². The third kappa shape index (κ3) is 3.83. The highest BCUT2D eigenvalue weighted by Crippen LogP contribution is 2.33. The van der Waals surface area contributed by atoms with Gasteiger partial charge in [-0.15, -0.1) is 13.2 Å². The molecule has 0 amide bonds. The summed E-state index contributed by atoms with van der Waals surface area (Å²) in [4.78, 5) is 12.5. The molecule has 2 aliphatic rings. The first-order valence-electron chi connectivity index (χ1n) is 7.67. The molecule has 2 unspecified atom stereocenters. The Morgan fingerprint density at radius 1 is 1.17 bits per heavy atom. The number of nitrogens with one attached hydrogen (secondary N) is 1. The lowest BCUT2D eigenvalue weighted by Gasteiger charge is -2.39. The number of ether oxygens (including phenoxy) is 1. The molecular formula is C16H17F4NO2. The van der Waals surface area contributed by atoms with Gasteiger partial charge in [0, 0.05) is 24.1 Å². The fourth-order valence-electron chi connectivity index (χ4n) is 3.59. The molecule has 0 saturated carbocycles. The van der Waals surface area contributed by atoms with Crippen molar-refractivity contribution in [2.24, 2.45) is 5.92 Å². The molecule has 0 aromatic heterocycles. The molecule has 1 aromatic rings. The first-order valence-corrected chi connectivity index (χ1v) is 7.67. The molecular weight excluding hydrogens is 314 g/mol. The number of Topliss-reactive ketones (excluding diaryl/α,β-unsaturated/α-hetero) is 1. The van der Waals surface area contributed by atoms with Crippen molar-refractivity contribution in [3.63, 3.8) is 0 Å². The lowest BCUT2D eigenvalue weighted by Crippen LogP contribution is -2.50. The Labute approximate surface area is 131 Å². The highest BCUT2D eigenvalue weighted by atomic mass is 19.4. The summed E-state index contributed by atoms with van der Waals surface area (Å²) >= 11 is 0. The molecule has 2 saturated heterocycles. The van der Waals surface area contributed by atoms with Crippen LogP contribution in [0.1, 0.15) is 42.5 Å². The smallest absolute Gasteiger partial charge is 0.406 e. The number of carbonyl (C=O) groups is 1. The SMILES string of the molecule is O=C(c1ccc(OC(F)(F)F)cc1F)C1CC2CCCC(C1)N2. The minimum Gasteiger partial charge on any atom is -0.406 e.